The zero-order chi connectivity index (χ0) is 28.0. The Bertz CT molecular complexity index is 1550. The number of carbonyl (C=O) groups is 1. The van der Waals surface area contributed by atoms with Crippen LogP contribution >= 0.6 is 23.2 Å². The van der Waals surface area contributed by atoms with Gasteiger partial charge in [-0.3, -0.25) is 4.68 Å². The number of carboxylic acid groups (broad SMARTS) is 1. The van der Waals surface area contributed by atoms with Crippen LogP contribution in [0.15, 0.2) is 47.0 Å². The lowest BCUT2D eigenvalue weighted by molar-refractivity contribution is 0.0245. The standard InChI is InChI=1S/C29H27Cl2FN4O4/c1-35-25(29(37)38)14-23(33-35)17-7-8-24(22(32)13-17)36-11-9-18(10-12-36)39-15-19-27(34-40-28(19)16-5-6-16)26-20(30)3-2-4-21(26)31/h2-4,7-8,13-14,16,18H,5-6,9-12,15H2,1H3,(H,37,38). The molecule has 1 saturated heterocycles. The number of benzene rings is 2. The number of nitrogens with zero attached hydrogens (tertiary/aromatic N) is 4. The molecule has 0 amide bonds. The van der Waals surface area contributed by atoms with Crippen LogP contribution in [0.3, 0.4) is 0 Å². The van der Waals surface area contributed by atoms with Crippen LogP contribution in [0.5, 0.6) is 0 Å². The van der Waals surface area contributed by atoms with Crippen LogP contribution in [0.2, 0.25) is 10.0 Å². The number of carboxylic acids is 1. The Labute approximate surface area is 240 Å². The molecule has 4 aromatic rings. The Balaban J connectivity index is 1.12. The zero-order valence-electron chi connectivity index (χ0n) is 21.7. The fraction of sp³-hybridized carbons (Fsp3) is 0.345. The van der Waals surface area contributed by atoms with Gasteiger partial charge in [-0.25, -0.2) is 9.18 Å². The largest absolute Gasteiger partial charge is 0.477 e. The second kappa shape index (κ2) is 10.9. The molecule has 8 nitrogen and oxygen atoms in total. The van der Waals surface area contributed by atoms with E-state index in [1.807, 2.05) is 4.90 Å². The molecule has 40 heavy (non-hydrogen) atoms. The van der Waals surface area contributed by atoms with E-state index in [4.69, 9.17) is 32.5 Å². The molecule has 208 valence electrons. The highest BCUT2D eigenvalue weighted by atomic mass is 35.5. The fourth-order valence-corrected chi connectivity index (χ4v) is 5.82. The summed E-state index contributed by atoms with van der Waals surface area (Å²) >= 11 is 12.9. The SMILES string of the molecule is Cn1nc(-c2ccc(N3CCC(OCc4c(-c5c(Cl)cccc5Cl)noc4C4CC4)CC3)c(F)c2)cc1C(=O)O. The number of aryl methyl sites for hydroxylation is 1. The average molecular weight is 585 g/mol. The Hall–Kier alpha value is -3.40. The molecule has 2 aromatic carbocycles. The first kappa shape index (κ1) is 26.8. The van der Waals surface area contributed by atoms with E-state index in [0.29, 0.717) is 63.9 Å². The summed E-state index contributed by atoms with van der Waals surface area (Å²) in [5, 5.41) is 18.8. The highest BCUT2D eigenvalue weighted by Crippen LogP contribution is 2.46. The average Bonchev–Trinajstić information content (AvgIpc) is 3.57. The minimum Gasteiger partial charge on any atom is -0.477 e. The lowest BCUT2D eigenvalue weighted by Crippen LogP contribution is -2.37. The van der Waals surface area contributed by atoms with Gasteiger partial charge < -0.3 is 19.3 Å². The van der Waals surface area contributed by atoms with Crippen molar-refractivity contribution in [3.8, 4) is 22.5 Å². The lowest BCUT2D eigenvalue weighted by atomic mass is 10.0. The van der Waals surface area contributed by atoms with Crippen molar-refractivity contribution in [3.05, 3.63) is 75.3 Å². The van der Waals surface area contributed by atoms with Crippen molar-refractivity contribution in [2.75, 3.05) is 18.0 Å². The summed E-state index contributed by atoms with van der Waals surface area (Å²) in [5.74, 6) is -0.274. The second-order valence-corrected chi connectivity index (χ2v) is 11.1. The molecular formula is C29H27Cl2FN4O4. The summed E-state index contributed by atoms with van der Waals surface area (Å²) in [6.45, 7) is 1.61. The molecule has 2 fully saturated rings. The van der Waals surface area contributed by atoms with Crippen LogP contribution < -0.4 is 4.90 Å². The van der Waals surface area contributed by atoms with E-state index in [9.17, 15) is 9.90 Å². The van der Waals surface area contributed by atoms with E-state index in [0.717, 1.165) is 37.0 Å². The fourth-order valence-electron chi connectivity index (χ4n) is 5.24. The maximum absolute atomic E-state index is 15.2. The lowest BCUT2D eigenvalue weighted by Gasteiger charge is -2.33. The van der Waals surface area contributed by atoms with Crippen molar-refractivity contribution < 1.29 is 23.6 Å². The van der Waals surface area contributed by atoms with Crippen LogP contribution in [0.25, 0.3) is 22.5 Å². The summed E-state index contributed by atoms with van der Waals surface area (Å²) in [4.78, 5) is 13.3. The van der Waals surface area contributed by atoms with Crippen molar-refractivity contribution in [1.82, 2.24) is 14.9 Å². The molecule has 1 N–H and O–H groups in total. The molecule has 0 spiro atoms. The van der Waals surface area contributed by atoms with Gasteiger partial charge in [0.2, 0.25) is 0 Å². The molecule has 11 heteroatoms. The van der Waals surface area contributed by atoms with Crippen molar-refractivity contribution in [2.24, 2.45) is 7.05 Å². The molecule has 6 rings (SSSR count). The van der Waals surface area contributed by atoms with Crippen LogP contribution in [0.4, 0.5) is 10.1 Å². The molecular weight excluding hydrogens is 558 g/mol. The molecule has 3 heterocycles. The third kappa shape index (κ3) is 5.21. The van der Waals surface area contributed by atoms with E-state index in [-0.39, 0.29) is 17.6 Å². The van der Waals surface area contributed by atoms with E-state index >= 15 is 4.39 Å². The molecule has 0 unspecified atom stereocenters. The van der Waals surface area contributed by atoms with Gasteiger partial charge in [0.25, 0.3) is 0 Å². The minimum absolute atomic E-state index is 0.00179. The first-order valence-electron chi connectivity index (χ1n) is 13.2. The van der Waals surface area contributed by atoms with Gasteiger partial charge >= 0.3 is 5.97 Å². The van der Waals surface area contributed by atoms with E-state index in [2.05, 4.69) is 10.3 Å². The molecule has 1 aliphatic carbocycles. The summed E-state index contributed by atoms with van der Waals surface area (Å²) < 4.78 is 28.5. The predicted octanol–water partition coefficient (Wildman–Crippen LogP) is 6.95. The van der Waals surface area contributed by atoms with Gasteiger partial charge in [-0.15, -0.1) is 0 Å². The number of aromatic carboxylic acids is 1. The summed E-state index contributed by atoms with van der Waals surface area (Å²) in [5.41, 5.74) is 3.65. The zero-order valence-corrected chi connectivity index (χ0v) is 23.3. The first-order valence-corrected chi connectivity index (χ1v) is 13.9. The number of halogens is 3. The Kier molecular flexibility index (Phi) is 7.29. The minimum atomic E-state index is -1.08. The molecule has 1 saturated carbocycles. The van der Waals surface area contributed by atoms with Gasteiger partial charge in [0.15, 0.2) is 0 Å². The molecule has 2 aromatic heterocycles. The van der Waals surface area contributed by atoms with E-state index in [1.54, 1.807) is 37.4 Å². The van der Waals surface area contributed by atoms with Crippen LogP contribution in [-0.4, -0.2) is 45.2 Å². The maximum Gasteiger partial charge on any atom is 0.354 e. The molecule has 0 atom stereocenters. The summed E-state index contributed by atoms with van der Waals surface area (Å²) in [7, 11) is 1.55. The van der Waals surface area contributed by atoms with Gasteiger partial charge in [0.05, 0.1) is 34.1 Å². The van der Waals surface area contributed by atoms with Gasteiger partial charge in [-0.1, -0.05) is 40.5 Å². The van der Waals surface area contributed by atoms with Crippen LogP contribution in [0, 0.1) is 5.82 Å². The van der Waals surface area contributed by atoms with Gasteiger partial charge in [-0.05, 0) is 56.0 Å². The topological polar surface area (TPSA) is 93.6 Å². The Morgan fingerprint density at radius 2 is 1.85 bits per heavy atom. The monoisotopic (exact) mass is 584 g/mol. The van der Waals surface area contributed by atoms with Crippen molar-refractivity contribution in [2.45, 2.75) is 44.3 Å². The van der Waals surface area contributed by atoms with Gasteiger partial charge in [0, 0.05) is 42.7 Å². The third-order valence-electron chi connectivity index (χ3n) is 7.55. The predicted molar refractivity (Wildman–Crippen MR) is 150 cm³/mol. The van der Waals surface area contributed by atoms with E-state index in [1.165, 1.54) is 16.8 Å². The molecule has 1 aliphatic heterocycles. The number of piperidine rings is 1. The number of aromatic nitrogens is 3. The van der Waals surface area contributed by atoms with Gasteiger partial charge in [0.1, 0.15) is 23.0 Å². The highest BCUT2D eigenvalue weighted by Gasteiger charge is 2.34. The first-order chi connectivity index (χ1) is 19.3. The van der Waals surface area contributed by atoms with Crippen molar-refractivity contribution >= 4 is 34.9 Å². The smallest absolute Gasteiger partial charge is 0.354 e. The van der Waals surface area contributed by atoms with Crippen molar-refractivity contribution in [1.29, 1.82) is 0 Å². The van der Waals surface area contributed by atoms with Crippen LogP contribution in [-0.2, 0) is 18.4 Å². The third-order valence-corrected chi connectivity index (χ3v) is 8.18. The highest BCUT2D eigenvalue weighted by molar-refractivity contribution is 6.39. The summed E-state index contributed by atoms with van der Waals surface area (Å²) in [6, 6.07) is 11.7. The Morgan fingerprint density at radius 1 is 1.12 bits per heavy atom. The number of ether oxygens (including phenoxy) is 1. The molecule has 0 bridgehead atoms. The number of rotatable bonds is 8. The molecule has 0 radical (unpaired) electrons. The summed E-state index contributed by atoms with van der Waals surface area (Å²) in [6.07, 6.45) is 3.58. The second-order valence-electron chi connectivity index (χ2n) is 10.3. The van der Waals surface area contributed by atoms with Crippen LogP contribution in [0.1, 0.15) is 53.4 Å². The quantitative estimate of drug-likeness (QED) is 0.239. The maximum atomic E-state index is 15.2. The van der Waals surface area contributed by atoms with Crippen molar-refractivity contribution in [3.63, 3.8) is 0 Å². The number of hydrogen-bond acceptors (Lipinski definition) is 6. The Morgan fingerprint density at radius 3 is 2.48 bits per heavy atom. The van der Waals surface area contributed by atoms with E-state index < -0.39 is 5.97 Å². The normalized spacial score (nSPS) is 16.1. The number of anilines is 1. The van der Waals surface area contributed by atoms with Gasteiger partial charge in [-0.2, -0.15) is 5.10 Å². The molecule has 2 aliphatic rings. The number of hydrogen-bond donors (Lipinski definition) is 1.